The zero-order valence-corrected chi connectivity index (χ0v) is 14.9. The third kappa shape index (κ3) is 2.27. The van der Waals surface area contributed by atoms with E-state index in [4.69, 9.17) is 18.9 Å². The van der Waals surface area contributed by atoms with Crippen LogP contribution in [-0.4, -0.2) is 36.3 Å². The molecule has 8 heteroatoms. The number of carbonyl (C=O) groups is 2. The fourth-order valence-corrected chi connectivity index (χ4v) is 4.50. The molecular weight excluding hydrogens is 346 g/mol. The lowest BCUT2D eigenvalue weighted by atomic mass is 9.82. The van der Waals surface area contributed by atoms with E-state index in [9.17, 15) is 9.59 Å². The van der Waals surface area contributed by atoms with Crippen molar-refractivity contribution < 1.29 is 28.5 Å². The highest BCUT2D eigenvalue weighted by Gasteiger charge is 2.61. The van der Waals surface area contributed by atoms with Gasteiger partial charge >= 0.3 is 17.2 Å². The van der Waals surface area contributed by atoms with Gasteiger partial charge in [0, 0.05) is 24.1 Å². The lowest BCUT2D eigenvalue weighted by molar-refractivity contribution is -0.232. The van der Waals surface area contributed by atoms with Gasteiger partial charge in [0.25, 0.3) is 0 Å². The molecule has 0 amide bonds. The van der Waals surface area contributed by atoms with Crippen LogP contribution in [-0.2, 0) is 19.1 Å². The van der Waals surface area contributed by atoms with Crippen LogP contribution in [0.3, 0.4) is 0 Å². The van der Waals surface area contributed by atoms with Crippen molar-refractivity contribution in [1.82, 2.24) is 0 Å². The number of anilines is 1. The summed E-state index contributed by atoms with van der Waals surface area (Å²) in [5, 5.41) is -1.45. The van der Waals surface area contributed by atoms with Crippen LogP contribution in [0.15, 0.2) is 18.2 Å². The van der Waals surface area contributed by atoms with E-state index >= 15 is 0 Å². The first-order valence-electron chi connectivity index (χ1n) is 8.33. The molecule has 0 N–H and O–H groups in total. The smallest absolute Gasteiger partial charge is 0.397 e. The molecule has 1 spiro atoms. The number of hydrogen-bond acceptors (Lipinski definition) is 8. The molecule has 0 atom stereocenters. The van der Waals surface area contributed by atoms with Crippen molar-refractivity contribution in [2.24, 2.45) is 5.41 Å². The minimum absolute atomic E-state index is 0.179. The number of rotatable bonds is 3. The highest BCUT2D eigenvalue weighted by Crippen LogP contribution is 2.49. The summed E-state index contributed by atoms with van der Waals surface area (Å²) in [5.41, 5.74) is -0.468. The Balaban J connectivity index is 1.68. The summed E-state index contributed by atoms with van der Waals surface area (Å²) in [6.45, 7) is 4.34. The maximum Gasteiger partial charge on any atom is 0.397 e. The molecule has 2 fully saturated rings. The van der Waals surface area contributed by atoms with E-state index in [0.717, 1.165) is 5.69 Å². The van der Waals surface area contributed by atoms with Gasteiger partial charge in [0.1, 0.15) is 0 Å². The van der Waals surface area contributed by atoms with Gasteiger partial charge in [-0.15, -0.1) is 0 Å². The summed E-state index contributed by atoms with van der Waals surface area (Å²) in [6.07, 6.45) is 0.706. The summed E-state index contributed by atoms with van der Waals surface area (Å²) in [5.74, 6) is 0.913. The molecule has 2 saturated heterocycles. The van der Waals surface area contributed by atoms with Crippen LogP contribution in [0.5, 0.6) is 11.5 Å². The Kier molecular flexibility index (Phi) is 3.75. The predicted octanol–water partition coefficient (Wildman–Crippen LogP) is 2.49. The second-order valence-electron chi connectivity index (χ2n) is 6.13. The summed E-state index contributed by atoms with van der Waals surface area (Å²) >= 11 is 1.30. The normalized spacial score (nSPS) is 22.9. The van der Waals surface area contributed by atoms with Gasteiger partial charge in [-0.3, -0.25) is 14.5 Å². The zero-order chi connectivity index (χ0) is 17.7. The molecule has 7 nitrogen and oxygen atoms in total. The average molecular weight is 365 g/mol. The molecule has 4 rings (SSSR count). The topological polar surface area (TPSA) is 74.3 Å². The number of thioether (sulfide) groups is 1. The number of nitrogens with zero attached hydrogens (tertiary/aromatic N) is 1. The van der Waals surface area contributed by atoms with Gasteiger partial charge < -0.3 is 18.9 Å². The Morgan fingerprint density at radius 2 is 1.76 bits per heavy atom. The molecule has 3 aliphatic rings. The van der Waals surface area contributed by atoms with Gasteiger partial charge in [0.15, 0.2) is 16.9 Å². The van der Waals surface area contributed by atoms with Gasteiger partial charge in [-0.1, -0.05) is 13.8 Å². The van der Waals surface area contributed by atoms with E-state index in [-0.39, 0.29) is 6.79 Å². The van der Waals surface area contributed by atoms with Gasteiger partial charge in [-0.2, -0.15) is 0 Å². The number of fused-ring (bicyclic) bond motifs is 1. The number of carbonyl (C=O) groups excluding carboxylic acids is 2. The van der Waals surface area contributed by atoms with Gasteiger partial charge in [0.05, 0.1) is 0 Å². The number of esters is 2. The van der Waals surface area contributed by atoms with Crippen molar-refractivity contribution in [3.63, 3.8) is 0 Å². The van der Waals surface area contributed by atoms with Crippen LogP contribution in [0.25, 0.3) is 0 Å². The van der Waals surface area contributed by atoms with Crippen LogP contribution in [0.2, 0.25) is 0 Å². The molecule has 0 aromatic heterocycles. The maximum atomic E-state index is 12.7. The van der Waals surface area contributed by atoms with E-state index in [2.05, 4.69) is 0 Å². The molecule has 3 aliphatic heterocycles. The molecule has 0 saturated carbocycles. The van der Waals surface area contributed by atoms with E-state index in [0.29, 0.717) is 36.6 Å². The minimum Gasteiger partial charge on any atom is -0.454 e. The fraction of sp³-hybridized carbons (Fsp3) is 0.529. The van der Waals surface area contributed by atoms with Gasteiger partial charge in [-0.25, -0.2) is 0 Å². The van der Waals surface area contributed by atoms with Gasteiger partial charge in [0.2, 0.25) is 6.79 Å². The number of benzene rings is 1. The molecule has 1 aromatic carbocycles. The average Bonchev–Trinajstić information content (AvgIpc) is 3.21. The van der Waals surface area contributed by atoms with Crippen LogP contribution in [0, 0.1) is 5.41 Å². The predicted molar refractivity (Wildman–Crippen MR) is 90.3 cm³/mol. The first-order valence-corrected chi connectivity index (χ1v) is 9.31. The molecule has 0 bridgehead atoms. The first kappa shape index (κ1) is 16.4. The Morgan fingerprint density at radius 1 is 1.08 bits per heavy atom. The number of ether oxygens (including phenoxy) is 4. The van der Waals surface area contributed by atoms with E-state index in [1.165, 1.54) is 11.8 Å². The third-order valence-electron chi connectivity index (χ3n) is 5.03. The molecule has 1 aromatic rings. The highest BCUT2D eigenvalue weighted by molar-refractivity contribution is 8.00. The van der Waals surface area contributed by atoms with E-state index in [1.807, 2.05) is 6.07 Å². The lowest BCUT2D eigenvalue weighted by Gasteiger charge is -2.44. The summed E-state index contributed by atoms with van der Waals surface area (Å²) < 4.78 is 22.2. The van der Waals surface area contributed by atoms with Gasteiger partial charge in [-0.05, 0) is 36.7 Å². The SMILES string of the molecule is CCC1(CC)C(=O)OC2(OC1=O)SCCN2c1ccc2c(c1)OCO2. The largest absolute Gasteiger partial charge is 0.454 e. The maximum absolute atomic E-state index is 12.7. The molecular formula is C17H19NO6S. The second kappa shape index (κ2) is 5.72. The summed E-state index contributed by atoms with van der Waals surface area (Å²) in [6, 6.07) is 5.44. The van der Waals surface area contributed by atoms with Crippen LogP contribution >= 0.6 is 11.8 Å². The van der Waals surface area contributed by atoms with Crippen molar-refractivity contribution in [2.45, 2.75) is 31.9 Å². The monoisotopic (exact) mass is 365 g/mol. The van der Waals surface area contributed by atoms with Crippen molar-refractivity contribution in [3.05, 3.63) is 18.2 Å². The molecule has 0 unspecified atom stereocenters. The molecule has 0 aliphatic carbocycles. The van der Waals surface area contributed by atoms with Crippen LogP contribution < -0.4 is 14.4 Å². The number of hydrogen-bond donors (Lipinski definition) is 0. The fourth-order valence-electron chi connectivity index (χ4n) is 3.35. The van der Waals surface area contributed by atoms with Crippen molar-refractivity contribution in [2.75, 3.05) is 24.0 Å². The molecule has 134 valence electrons. The molecule has 0 radical (unpaired) electrons. The standard InChI is InChI=1S/C17H19NO6S/c1-3-16(4-2)14(19)23-17(24-15(16)20)18(7-8-25-17)11-5-6-12-13(9-11)22-10-21-12/h5-6,9H,3-4,7-8,10H2,1-2H3. The lowest BCUT2D eigenvalue weighted by Crippen LogP contribution is -2.59. The van der Waals surface area contributed by atoms with E-state index in [1.54, 1.807) is 30.9 Å². The Labute approximate surface area is 149 Å². The van der Waals surface area contributed by atoms with Crippen molar-refractivity contribution in [3.8, 4) is 11.5 Å². The first-order chi connectivity index (χ1) is 12.0. The van der Waals surface area contributed by atoms with Crippen molar-refractivity contribution in [1.29, 1.82) is 0 Å². The quantitative estimate of drug-likeness (QED) is 0.597. The Morgan fingerprint density at radius 3 is 2.44 bits per heavy atom. The van der Waals surface area contributed by atoms with Crippen LogP contribution in [0.1, 0.15) is 26.7 Å². The highest BCUT2D eigenvalue weighted by atomic mass is 32.2. The Hall–Kier alpha value is -2.09. The van der Waals surface area contributed by atoms with E-state index < -0.39 is 22.6 Å². The zero-order valence-electron chi connectivity index (χ0n) is 14.1. The summed E-state index contributed by atoms with van der Waals surface area (Å²) in [4.78, 5) is 27.2. The van der Waals surface area contributed by atoms with Crippen LogP contribution in [0.4, 0.5) is 5.69 Å². The Bertz CT molecular complexity index is 712. The second-order valence-corrected chi connectivity index (χ2v) is 7.34. The van der Waals surface area contributed by atoms with Crippen molar-refractivity contribution >= 4 is 29.4 Å². The summed E-state index contributed by atoms with van der Waals surface area (Å²) in [7, 11) is 0. The molecule has 3 heterocycles. The third-order valence-corrected chi connectivity index (χ3v) is 6.17. The minimum atomic E-state index is -1.45. The molecule has 25 heavy (non-hydrogen) atoms.